The Bertz CT molecular complexity index is 1440. The van der Waals surface area contributed by atoms with E-state index in [0.29, 0.717) is 16.9 Å². The van der Waals surface area contributed by atoms with Gasteiger partial charge >= 0.3 is 17.9 Å². The van der Waals surface area contributed by atoms with Gasteiger partial charge < -0.3 is 29.0 Å². The van der Waals surface area contributed by atoms with Crippen LogP contribution in [0, 0.1) is 46.3 Å². The number of thioether (sulfide) groups is 1. The van der Waals surface area contributed by atoms with E-state index in [1.165, 1.54) is 97.2 Å². The highest BCUT2D eigenvalue weighted by Gasteiger charge is 2.59. The molecule has 1 amide bonds. The fourth-order valence-corrected chi connectivity index (χ4v) is 13.5. The first-order chi connectivity index (χ1) is 27.5. The fraction of sp³-hybridized carbons (Fsp3) is 0.872. The summed E-state index contributed by atoms with van der Waals surface area (Å²) in [5.74, 6) is 3.83. The van der Waals surface area contributed by atoms with Gasteiger partial charge in [0.1, 0.15) is 24.2 Å². The number of fused-ring (bicyclic) bond motifs is 5. The topological polar surface area (TPSA) is 126 Å². The van der Waals surface area contributed by atoms with Crippen molar-refractivity contribution in [1.29, 1.82) is 0 Å². The molecular formula is C47H77NO9S. The molecule has 4 aliphatic carbocycles. The van der Waals surface area contributed by atoms with E-state index in [-0.39, 0.29) is 12.5 Å². The summed E-state index contributed by atoms with van der Waals surface area (Å²) in [7, 11) is 0. The van der Waals surface area contributed by atoms with Crippen molar-refractivity contribution in [2.75, 3.05) is 19.0 Å². The van der Waals surface area contributed by atoms with E-state index < -0.39 is 47.7 Å². The lowest BCUT2D eigenvalue weighted by Crippen LogP contribution is -2.65. The second kappa shape index (κ2) is 21.1. The summed E-state index contributed by atoms with van der Waals surface area (Å²) >= 11 is 1.50. The van der Waals surface area contributed by atoms with Crippen LogP contribution in [0.25, 0.3) is 0 Å². The third kappa shape index (κ3) is 11.6. The average Bonchev–Trinajstić information content (AvgIpc) is 3.50. The molecule has 0 radical (unpaired) electrons. The lowest BCUT2D eigenvalue weighted by Gasteiger charge is -2.58. The van der Waals surface area contributed by atoms with Crippen LogP contribution in [0.15, 0.2) is 11.6 Å². The quantitative estimate of drug-likeness (QED) is 0.0583. The summed E-state index contributed by atoms with van der Waals surface area (Å²) < 4.78 is 29.2. The number of hydrogen-bond acceptors (Lipinski definition) is 10. The molecule has 0 bridgehead atoms. The van der Waals surface area contributed by atoms with Crippen molar-refractivity contribution in [3.05, 3.63) is 11.6 Å². The molecule has 0 spiro atoms. The second-order valence-corrected chi connectivity index (χ2v) is 20.7. The van der Waals surface area contributed by atoms with Gasteiger partial charge in [-0.25, -0.2) is 0 Å². The monoisotopic (exact) mass is 832 g/mol. The van der Waals surface area contributed by atoms with E-state index in [0.717, 1.165) is 86.4 Å². The molecule has 330 valence electrons. The van der Waals surface area contributed by atoms with Gasteiger partial charge in [0.05, 0.1) is 6.10 Å². The number of carbonyl (C=O) groups is 4. The van der Waals surface area contributed by atoms with Gasteiger partial charge in [0.15, 0.2) is 12.2 Å². The van der Waals surface area contributed by atoms with E-state index in [1.807, 2.05) is 0 Å². The molecule has 1 heterocycles. The minimum Gasteiger partial charge on any atom is -0.463 e. The molecule has 0 aromatic carbocycles. The maximum atomic E-state index is 12.3. The maximum absolute atomic E-state index is 12.3. The zero-order chi connectivity index (χ0) is 42.2. The predicted octanol–water partition coefficient (Wildman–Crippen LogP) is 9.36. The van der Waals surface area contributed by atoms with E-state index >= 15 is 0 Å². The second-order valence-electron chi connectivity index (χ2n) is 19.5. The van der Waals surface area contributed by atoms with Crippen molar-refractivity contribution >= 4 is 35.6 Å². The lowest BCUT2D eigenvalue weighted by atomic mass is 9.47. The molecule has 13 atom stereocenters. The number of ether oxygens (including phenoxy) is 5. The van der Waals surface area contributed by atoms with Gasteiger partial charge in [-0.3, -0.25) is 19.2 Å². The standard InChI is InChI=1S/C47H77NO9S/c1-29(2)15-14-16-30(3)38-19-20-39-37-18-17-35-27-36(21-23-46(35,8)40(37)22-24-47(38,39)9)53-25-12-10-11-13-26-58-45-42(48-31(4)49)44(56-34(7)52)43(55-33(6)51)41(57-45)28-54-32(5)50/h17,29-30,36-45H,10-16,18-28H2,1-9H3,(H,48,49)/t30-,36+,37?,38-,39?,40?,41-,42-,43-,44-,45+,46+,47-/m1/s1. The van der Waals surface area contributed by atoms with Crippen molar-refractivity contribution in [3.8, 4) is 0 Å². The Balaban J connectivity index is 1.06. The van der Waals surface area contributed by atoms with Crippen LogP contribution < -0.4 is 5.32 Å². The first-order valence-electron chi connectivity index (χ1n) is 22.9. The maximum Gasteiger partial charge on any atom is 0.303 e. The van der Waals surface area contributed by atoms with E-state index in [9.17, 15) is 19.2 Å². The number of unbranched alkanes of at least 4 members (excludes halogenated alkanes) is 3. The molecule has 11 heteroatoms. The molecule has 1 saturated heterocycles. The normalized spacial score (nSPS) is 36.1. The van der Waals surface area contributed by atoms with Gasteiger partial charge in [0.25, 0.3) is 0 Å². The van der Waals surface area contributed by atoms with Crippen LogP contribution in [0.3, 0.4) is 0 Å². The molecule has 1 N–H and O–H groups in total. The Kier molecular flexibility index (Phi) is 17.1. The predicted molar refractivity (Wildman–Crippen MR) is 228 cm³/mol. The first-order valence-corrected chi connectivity index (χ1v) is 23.9. The Hall–Kier alpha value is -2.11. The Morgan fingerprint density at radius 3 is 2.26 bits per heavy atom. The van der Waals surface area contributed by atoms with Crippen LogP contribution in [-0.4, -0.2) is 78.7 Å². The molecule has 3 saturated carbocycles. The van der Waals surface area contributed by atoms with Crippen LogP contribution >= 0.6 is 11.8 Å². The Labute approximate surface area is 354 Å². The number of esters is 3. The van der Waals surface area contributed by atoms with Crippen LogP contribution in [0.5, 0.6) is 0 Å². The average molecular weight is 832 g/mol. The Morgan fingerprint density at radius 1 is 0.845 bits per heavy atom. The Morgan fingerprint density at radius 2 is 1.57 bits per heavy atom. The van der Waals surface area contributed by atoms with Crippen molar-refractivity contribution in [3.63, 3.8) is 0 Å². The van der Waals surface area contributed by atoms with Crippen molar-refractivity contribution in [2.24, 2.45) is 46.3 Å². The van der Waals surface area contributed by atoms with Crippen LogP contribution in [0.4, 0.5) is 0 Å². The van der Waals surface area contributed by atoms with Crippen molar-refractivity contribution in [1.82, 2.24) is 5.32 Å². The molecule has 0 aromatic rings. The third-order valence-corrected chi connectivity index (χ3v) is 16.3. The van der Waals surface area contributed by atoms with E-state index in [4.69, 9.17) is 23.7 Å². The number of rotatable bonds is 19. The smallest absolute Gasteiger partial charge is 0.303 e. The highest BCUT2D eigenvalue weighted by molar-refractivity contribution is 7.99. The number of carbonyl (C=O) groups excluding carboxylic acids is 4. The third-order valence-electron chi connectivity index (χ3n) is 15.0. The van der Waals surface area contributed by atoms with Crippen molar-refractivity contribution in [2.45, 2.75) is 195 Å². The van der Waals surface area contributed by atoms with Crippen LogP contribution in [0.2, 0.25) is 0 Å². The number of amides is 1. The van der Waals surface area contributed by atoms with Gasteiger partial charge in [0.2, 0.25) is 5.91 Å². The molecule has 4 fully saturated rings. The number of allylic oxidation sites excluding steroid dienone is 1. The van der Waals surface area contributed by atoms with Gasteiger partial charge in [-0.05, 0) is 116 Å². The summed E-state index contributed by atoms with van der Waals surface area (Å²) in [6.07, 6.45) is 18.7. The summed E-state index contributed by atoms with van der Waals surface area (Å²) in [5, 5.41) is 2.85. The molecular weight excluding hydrogens is 755 g/mol. The molecule has 5 aliphatic rings. The minimum absolute atomic E-state index is 0.188. The zero-order valence-corrected chi connectivity index (χ0v) is 38.1. The highest BCUT2D eigenvalue weighted by atomic mass is 32.2. The zero-order valence-electron chi connectivity index (χ0n) is 37.3. The first kappa shape index (κ1) is 46.9. The summed E-state index contributed by atoms with van der Waals surface area (Å²) in [5.41, 5.74) is 1.93. The SMILES string of the molecule is CC(=O)N[C@@H]1[C@@H](OC(C)=O)[C@H](OC(C)=O)[C@@H](COC(C)=O)O[C@H]1SCCCCCCO[C@H]1CC[C@@]2(C)C(=CCC3C2CC[C@@]2(C)C3CC[C@@H]2[C@H](C)CCCC(C)C)C1. The number of nitrogens with one attached hydrogen (secondary N) is 1. The summed E-state index contributed by atoms with van der Waals surface area (Å²) in [6, 6.07) is -0.772. The lowest BCUT2D eigenvalue weighted by molar-refractivity contribution is -0.211. The molecule has 1 aliphatic heterocycles. The van der Waals surface area contributed by atoms with E-state index in [2.05, 4.69) is 46.0 Å². The molecule has 0 aromatic heterocycles. The molecule has 10 nitrogen and oxygen atoms in total. The fourth-order valence-electron chi connectivity index (χ4n) is 12.2. The van der Waals surface area contributed by atoms with Gasteiger partial charge in [0, 0.05) is 34.3 Å². The van der Waals surface area contributed by atoms with Crippen molar-refractivity contribution < 1.29 is 42.9 Å². The molecule has 5 rings (SSSR count). The van der Waals surface area contributed by atoms with Crippen LogP contribution in [0.1, 0.15) is 159 Å². The largest absolute Gasteiger partial charge is 0.463 e. The van der Waals surface area contributed by atoms with Gasteiger partial charge in [-0.1, -0.05) is 78.4 Å². The van der Waals surface area contributed by atoms with Gasteiger partial charge in [-0.15, -0.1) is 11.8 Å². The molecule has 58 heavy (non-hydrogen) atoms. The van der Waals surface area contributed by atoms with E-state index in [1.54, 1.807) is 5.57 Å². The van der Waals surface area contributed by atoms with Gasteiger partial charge in [-0.2, -0.15) is 0 Å². The highest BCUT2D eigenvalue weighted by Crippen LogP contribution is 2.67. The summed E-state index contributed by atoms with van der Waals surface area (Å²) in [4.78, 5) is 48.1. The minimum atomic E-state index is -1.07. The van der Waals surface area contributed by atoms with Crippen LogP contribution in [-0.2, 0) is 42.9 Å². The summed E-state index contributed by atoms with van der Waals surface area (Å²) in [6.45, 7) is 18.4. The number of hydrogen-bond donors (Lipinski definition) is 1. The molecule has 3 unspecified atom stereocenters.